The van der Waals surface area contributed by atoms with E-state index in [1.54, 1.807) is 31.3 Å². The Hall–Kier alpha value is -2.19. The Balaban J connectivity index is 1.55. The van der Waals surface area contributed by atoms with Crippen LogP contribution >= 0.6 is 22.9 Å². The third kappa shape index (κ3) is 4.75. The molecule has 0 aliphatic rings. The third-order valence-corrected chi connectivity index (χ3v) is 5.36. The van der Waals surface area contributed by atoms with E-state index in [2.05, 4.69) is 4.98 Å². The van der Waals surface area contributed by atoms with Crippen molar-refractivity contribution in [3.63, 3.8) is 0 Å². The molecule has 2 N–H and O–H groups in total. The Labute approximate surface area is 165 Å². The molecule has 2 atom stereocenters. The number of hydrogen-bond acceptors (Lipinski definition) is 6. The number of para-hydroxylation sites is 1. The van der Waals surface area contributed by atoms with E-state index in [1.807, 2.05) is 24.3 Å². The number of fused-ring (bicyclic) bond motifs is 1. The standard InChI is InChI=1S/C19H19ClN2O4S/c1-22(10-11-26-13-8-6-12(20)7-9-13)19(25)17(24)16(23)18-21-14-4-2-3-5-15(14)27-18/h2-9,16-17,23-24H,10-11H2,1H3. The van der Waals surface area contributed by atoms with Gasteiger partial charge in [0.1, 0.15) is 23.5 Å². The molecule has 1 aromatic heterocycles. The third-order valence-electron chi connectivity index (χ3n) is 4.00. The number of aliphatic hydroxyl groups excluding tert-OH is 2. The van der Waals surface area contributed by atoms with E-state index in [1.165, 1.54) is 16.2 Å². The molecule has 0 aliphatic heterocycles. The van der Waals surface area contributed by atoms with Gasteiger partial charge in [-0.3, -0.25) is 4.79 Å². The SMILES string of the molecule is CN(CCOc1ccc(Cl)cc1)C(=O)C(O)C(O)c1nc2ccccc2s1. The van der Waals surface area contributed by atoms with Gasteiger partial charge in [-0.25, -0.2) is 4.98 Å². The maximum Gasteiger partial charge on any atom is 0.254 e. The van der Waals surface area contributed by atoms with Crippen molar-refractivity contribution in [2.24, 2.45) is 0 Å². The summed E-state index contributed by atoms with van der Waals surface area (Å²) < 4.78 is 6.42. The number of ether oxygens (including phenoxy) is 1. The molecular weight excluding hydrogens is 388 g/mol. The predicted octanol–water partition coefficient (Wildman–Crippen LogP) is 2.88. The number of rotatable bonds is 7. The second kappa shape index (κ2) is 8.67. The van der Waals surface area contributed by atoms with Crippen molar-refractivity contribution in [3.8, 4) is 5.75 Å². The molecule has 0 aliphatic carbocycles. The van der Waals surface area contributed by atoms with Crippen molar-refractivity contribution in [2.75, 3.05) is 20.2 Å². The Bertz CT molecular complexity index is 882. The molecular formula is C19H19ClN2O4S. The zero-order chi connectivity index (χ0) is 19.4. The summed E-state index contributed by atoms with van der Waals surface area (Å²) in [4.78, 5) is 18.0. The Morgan fingerprint density at radius 1 is 1.22 bits per heavy atom. The molecule has 6 nitrogen and oxygen atoms in total. The molecule has 1 amide bonds. The Morgan fingerprint density at radius 2 is 1.93 bits per heavy atom. The van der Waals surface area contributed by atoms with Crippen molar-refractivity contribution < 1.29 is 19.7 Å². The monoisotopic (exact) mass is 406 g/mol. The number of hydrogen-bond donors (Lipinski definition) is 2. The maximum absolute atomic E-state index is 12.4. The normalized spacial score (nSPS) is 13.3. The fourth-order valence-electron chi connectivity index (χ4n) is 2.45. The summed E-state index contributed by atoms with van der Waals surface area (Å²) in [6.45, 7) is 0.499. The highest BCUT2D eigenvalue weighted by molar-refractivity contribution is 7.18. The predicted molar refractivity (Wildman–Crippen MR) is 105 cm³/mol. The molecule has 2 aromatic carbocycles. The van der Waals surface area contributed by atoms with Crippen LogP contribution < -0.4 is 4.74 Å². The van der Waals surface area contributed by atoms with Gasteiger partial charge >= 0.3 is 0 Å². The van der Waals surface area contributed by atoms with Crippen LogP contribution in [0, 0.1) is 0 Å². The van der Waals surface area contributed by atoms with Gasteiger partial charge in [0.15, 0.2) is 6.10 Å². The topological polar surface area (TPSA) is 82.9 Å². The molecule has 2 unspecified atom stereocenters. The van der Waals surface area contributed by atoms with Gasteiger partial charge < -0.3 is 19.8 Å². The number of amides is 1. The first-order chi connectivity index (χ1) is 13.0. The van der Waals surface area contributed by atoms with Crippen molar-refractivity contribution >= 4 is 39.1 Å². The molecule has 0 radical (unpaired) electrons. The molecule has 3 aromatic rings. The summed E-state index contributed by atoms with van der Waals surface area (Å²) >= 11 is 7.07. The minimum atomic E-state index is -1.59. The van der Waals surface area contributed by atoms with E-state index in [-0.39, 0.29) is 13.2 Å². The highest BCUT2D eigenvalue weighted by Gasteiger charge is 2.30. The lowest BCUT2D eigenvalue weighted by Crippen LogP contribution is -2.41. The minimum Gasteiger partial charge on any atom is -0.492 e. The van der Waals surface area contributed by atoms with Crippen molar-refractivity contribution in [1.29, 1.82) is 0 Å². The molecule has 1 heterocycles. The number of benzene rings is 2. The van der Waals surface area contributed by atoms with Crippen LogP contribution in [-0.4, -0.2) is 52.3 Å². The average molecular weight is 407 g/mol. The summed E-state index contributed by atoms with van der Waals surface area (Å²) in [5.41, 5.74) is 0.723. The smallest absolute Gasteiger partial charge is 0.254 e. The highest BCUT2D eigenvalue weighted by atomic mass is 35.5. The van der Waals surface area contributed by atoms with Crippen molar-refractivity contribution in [2.45, 2.75) is 12.2 Å². The van der Waals surface area contributed by atoms with E-state index in [4.69, 9.17) is 16.3 Å². The highest BCUT2D eigenvalue weighted by Crippen LogP contribution is 2.28. The zero-order valence-corrected chi connectivity index (χ0v) is 16.2. The van der Waals surface area contributed by atoms with E-state index < -0.39 is 18.1 Å². The van der Waals surface area contributed by atoms with E-state index >= 15 is 0 Å². The largest absolute Gasteiger partial charge is 0.492 e. The zero-order valence-electron chi connectivity index (χ0n) is 14.6. The quantitative estimate of drug-likeness (QED) is 0.630. The number of halogens is 1. The first-order valence-electron chi connectivity index (χ1n) is 8.30. The van der Waals surface area contributed by atoms with E-state index in [0.29, 0.717) is 15.8 Å². The summed E-state index contributed by atoms with van der Waals surface area (Å²) in [6, 6.07) is 14.3. The lowest BCUT2D eigenvalue weighted by molar-refractivity contribution is -0.145. The molecule has 0 saturated heterocycles. The molecule has 8 heteroatoms. The lowest BCUT2D eigenvalue weighted by atomic mass is 10.2. The fourth-order valence-corrected chi connectivity index (χ4v) is 3.56. The van der Waals surface area contributed by atoms with Gasteiger partial charge in [-0.15, -0.1) is 11.3 Å². The summed E-state index contributed by atoms with van der Waals surface area (Å²) in [7, 11) is 1.54. The van der Waals surface area contributed by atoms with Crippen LogP contribution in [-0.2, 0) is 4.79 Å². The first kappa shape index (κ1) is 19.6. The molecule has 3 rings (SSSR count). The van der Waals surface area contributed by atoms with Gasteiger partial charge in [-0.1, -0.05) is 23.7 Å². The molecule has 0 spiro atoms. The van der Waals surface area contributed by atoms with Crippen LogP contribution in [0.4, 0.5) is 0 Å². The minimum absolute atomic E-state index is 0.244. The van der Waals surface area contributed by atoms with Crippen LogP contribution in [0.25, 0.3) is 10.2 Å². The van der Waals surface area contributed by atoms with Gasteiger partial charge in [0.25, 0.3) is 5.91 Å². The molecule has 142 valence electrons. The summed E-state index contributed by atoms with van der Waals surface area (Å²) in [6.07, 6.45) is -2.97. The molecule has 0 bridgehead atoms. The van der Waals surface area contributed by atoms with Crippen LogP contribution in [0.1, 0.15) is 11.1 Å². The van der Waals surface area contributed by atoms with E-state index in [0.717, 1.165) is 10.2 Å². The summed E-state index contributed by atoms with van der Waals surface area (Å²) in [5.74, 6) is 0.0387. The Morgan fingerprint density at radius 3 is 2.63 bits per heavy atom. The fraction of sp³-hybridized carbons (Fsp3) is 0.263. The number of aromatic nitrogens is 1. The number of aliphatic hydroxyl groups is 2. The van der Waals surface area contributed by atoms with Crippen LogP contribution in [0.2, 0.25) is 5.02 Å². The number of thiazole rings is 1. The number of carbonyl (C=O) groups is 1. The van der Waals surface area contributed by atoms with Crippen LogP contribution in [0.15, 0.2) is 48.5 Å². The second-order valence-electron chi connectivity index (χ2n) is 5.97. The number of carbonyl (C=O) groups excluding carboxylic acids is 1. The molecule has 27 heavy (non-hydrogen) atoms. The number of nitrogens with zero attached hydrogens (tertiary/aromatic N) is 2. The Kier molecular flexibility index (Phi) is 6.28. The molecule has 0 fully saturated rings. The van der Waals surface area contributed by atoms with Crippen LogP contribution in [0.5, 0.6) is 5.75 Å². The maximum atomic E-state index is 12.4. The van der Waals surface area contributed by atoms with Crippen molar-refractivity contribution in [3.05, 3.63) is 58.6 Å². The average Bonchev–Trinajstić information content (AvgIpc) is 3.12. The lowest BCUT2D eigenvalue weighted by Gasteiger charge is -2.22. The van der Waals surface area contributed by atoms with Gasteiger partial charge in [0, 0.05) is 12.1 Å². The van der Waals surface area contributed by atoms with Crippen LogP contribution in [0.3, 0.4) is 0 Å². The number of likely N-dealkylation sites (N-methyl/N-ethyl adjacent to an activating group) is 1. The van der Waals surface area contributed by atoms with Gasteiger partial charge in [-0.2, -0.15) is 0 Å². The van der Waals surface area contributed by atoms with Gasteiger partial charge in [0.05, 0.1) is 16.8 Å². The summed E-state index contributed by atoms with van der Waals surface area (Å²) in [5, 5.41) is 21.5. The second-order valence-corrected chi connectivity index (χ2v) is 7.47. The van der Waals surface area contributed by atoms with Gasteiger partial charge in [-0.05, 0) is 36.4 Å². The first-order valence-corrected chi connectivity index (χ1v) is 9.50. The molecule has 0 saturated carbocycles. The van der Waals surface area contributed by atoms with Crippen molar-refractivity contribution in [1.82, 2.24) is 9.88 Å². The van der Waals surface area contributed by atoms with Gasteiger partial charge in [0.2, 0.25) is 0 Å². The van der Waals surface area contributed by atoms with E-state index in [9.17, 15) is 15.0 Å².